The first kappa shape index (κ1) is 13.3. The number of amides is 2. The molecule has 21 heavy (non-hydrogen) atoms. The number of hydrogen-bond donors (Lipinski definition) is 2. The van der Waals surface area contributed by atoms with E-state index in [9.17, 15) is 9.59 Å². The topological polar surface area (TPSA) is 88.9 Å². The number of nitrogens with one attached hydrogen (secondary N) is 2. The lowest BCUT2D eigenvalue weighted by Crippen LogP contribution is -2.39. The molecule has 7 nitrogen and oxygen atoms in total. The van der Waals surface area contributed by atoms with Gasteiger partial charge in [-0.25, -0.2) is 4.68 Å². The Morgan fingerprint density at radius 1 is 1.43 bits per heavy atom. The number of carbonyl (C=O) groups is 2. The first-order chi connectivity index (χ1) is 10.1. The summed E-state index contributed by atoms with van der Waals surface area (Å²) in [6.07, 6.45) is 0.0659. The van der Waals surface area contributed by atoms with Crippen molar-refractivity contribution in [3.8, 4) is 0 Å². The van der Waals surface area contributed by atoms with Gasteiger partial charge < -0.3 is 5.32 Å². The van der Waals surface area contributed by atoms with Crippen LogP contribution in [-0.2, 0) is 16.1 Å². The highest BCUT2D eigenvalue weighted by molar-refractivity contribution is 5.96. The molecule has 1 atom stereocenters. The van der Waals surface area contributed by atoms with Crippen LogP contribution in [0.3, 0.4) is 0 Å². The van der Waals surface area contributed by atoms with Crippen molar-refractivity contribution in [1.82, 2.24) is 20.1 Å². The predicted octanol–water partition coefficient (Wildman–Crippen LogP) is 0.786. The van der Waals surface area contributed by atoms with E-state index in [0.29, 0.717) is 18.3 Å². The fraction of sp³-hybridized carbons (Fsp3) is 0.286. The van der Waals surface area contributed by atoms with Crippen LogP contribution in [0.4, 0.5) is 5.95 Å². The van der Waals surface area contributed by atoms with Gasteiger partial charge in [-0.3, -0.25) is 14.9 Å². The summed E-state index contributed by atoms with van der Waals surface area (Å²) in [4.78, 5) is 28.1. The number of fused-ring (bicyclic) bond motifs is 1. The first-order valence-electron chi connectivity index (χ1n) is 6.68. The van der Waals surface area contributed by atoms with Crippen molar-refractivity contribution in [2.45, 2.75) is 25.9 Å². The van der Waals surface area contributed by atoms with E-state index in [1.54, 1.807) is 6.92 Å². The van der Waals surface area contributed by atoms with Gasteiger partial charge in [-0.1, -0.05) is 30.3 Å². The Hall–Kier alpha value is -2.70. The van der Waals surface area contributed by atoms with Crippen LogP contribution in [0.5, 0.6) is 0 Å². The highest BCUT2D eigenvalue weighted by Crippen LogP contribution is 2.22. The maximum atomic E-state index is 12.3. The summed E-state index contributed by atoms with van der Waals surface area (Å²) in [5, 5.41) is 9.61. The molecule has 0 unspecified atom stereocenters. The van der Waals surface area contributed by atoms with Gasteiger partial charge in [-0.05, 0) is 12.5 Å². The van der Waals surface area contributed by atoms with E-state index in [1.165, 1.54) is 4.68 Å². The van der Waals surface area contributed by atoms with Gasteiger partial charge in [-0.2, -0.15) is 10.1 Å². The molecular formula is C14H15N5O2. The Bertz CT molecular complexity index is 680. The second kappa shape index (κ2) is 5.35. The minimum atomic E-state index is -0.654. The molecule has 7 heteroatoms. The van der Waals surface area contributed by atoms with Gasteiger partial charge in [0.25, 0.3) is 0 Å². The monoisotopic (exact) mass is 285 g/mol. The molecule has 2 heterocycles. The third kappa shape index (κ3) is 2.76. The highest BCUT2D eigenvalue weighted by atomic mass is 16.2. The van der Waals surface area contributed by atoms with E-state index < -0.39 is 6.04 Å². The number of hydrogen-bond acceptors (Lipinski definition) is 4. The molecule has 1 aromatic heterocycles. The SMILES string of the molecule is Cc1nc2n(n1)[C@H](C(=O)NCc1ccccc1)CC(=O)N2. The maximum Gasteiger partial charge on any atom is 0.245 e. The number of carbonyl (C=O) groups excluding carboxylic acids is 2. The standard InChI is InChI=1S/C14H15N5O2/c1-9-16-14-17-12(20)7-11(19(14)18-9)13(21)15-8-10-5-3-2-4-6-10/h2-6,11H,7-8H2,1H3,(H,15,21)(H,16,17,18,20)/t11-/m0/s1. The van der Waals surface area contributed by atoms with Crippen LogP contribution in [0.15, 0.2) is 30.3 Å². The van der Waals surface area contributed by atoms with E-state index in [2.05, 4.69) is 20.7 Å². The van der Waals surface area contributed by atoms with Gasteiger partial charge in [0.15, 0.2) is 0 Å². The van der Waals surface area contributed by atoms with E-state index in [-0.39, 0.29) is 18.2 Å². The normalized spacial score (nSPS) is 17.0. The van der Waals surface area contributed by atoms with Crippen molar-refractivity contribution in [1.29, 1.82) is 0 Å². The number of anilines is 1. The predicted molar refractivity (Wildman–Crippen MR) is 75.3 cm³/mol. The molecule has 1 aliphatic rings. The van der Waals surface area contributed by atoms with Crippen LogP contribution in [0.25, 0.3) is 0 Å². The molecule has 2 aromatic rings. The van der Waals surface area contributed by atoms with Crippen molar-refractivity contribution in [3.63, 3.8) is 0 Å². The van der Waals surface area contributed by atoms with Crippen molar-refractivity contribution in [2.24, 2.45) is 0 Å². The molecule has 2 amide bonds. The number of aromatic nitrogens is 3. The van der Waals surface area contributed by atoms with Crippen LogP contribution < -0.4 is 10.6 Å². The second-order valence-electron chi connectivity index (χ2n) is 4.90. The van der Waals surface area contributed by atoms with E-state index in [4.69, 9.17) is 0 Å². The molecule has 0 fully saturated rings. The van der Waals surface area contributed by atoms with Crippen molar-refractivity contribution >= 4 is 17.8 Å². The Kier molecular flexibility index (Phi) is 3.39. The summed E-state index contributed by atoms with van der Waals surface area (Å²) < 4.78 is 1.47. The van der Waals surface area contributed by atoms with Crippen LogP contribution in [0, 0.1) is 6.92 Å². The van der Waals surface area contributed by atoms with E-state index in [0.717, 1.165) is 5.56 Å². The Labute approximate surface area is 121 Å². The lowest BCUT2D eigenvalue weighted by Gasteiger charge is -2.22. The molecule has 0 saturated carbocycles. The lowest BCUT2D eigenvalue weighted by molar-refractivity contribution is -0.129. The molecule has 0 aliphatic carbocycles. The van der Waals surface area contributed by atoms with Crippen molar-refractivity contribution in [3.05, 3.63) is 41.7 Å². The van der Waals surface area contributed by atoms with Crippen molar-refractivity contribution < 1.29 is 9.59 Å². The van der Waals surface area contributed by atoms with Gasteiger partial charge in [0.05, 0.1) is 6.42 Å². The van der Waals surface area contributed by atoms with Gasteiger partial charge in [0, 0.05) is 6.54 Å². The largest absolute Gasteiger partial charge is 0.350 e. The summed E-state index contributed by atoms with van der Waals surface area (Å²) in [5.74, 6) is 0.381. The molecular weight excluding hydrogens is 270 g/mol. The van der Waals surface area contributed by atoms with Gasteiger partial charge in [-0.15, -0.1) is 0 Å². The molecule has 1 aromatic carbocycles. The Morgan fingerprint density at radius 3 is 2.95 bits per heavy atom. The van der Waals surface area contributed by atoms with E-state index >= 15 is 0 Å². The number of nitrogens with zero attached hydrogens (tertiary/aromatic N) is 3. The quantitative estimate of drug-likeness (QED) is 0.872. The molecule has 3 rings (SSSR count). The Morgan fingerprint density at radius 2 is 2.19 bits per heavy atom. The maximum absolute atomic E-state index is 12.3. The summed E-state index contributed by atoms with van der Waals surface area (Å²) in [7, 11) is 0. The van der Waals surface area contributed by atoms with E-state index in [1.807, 2.05) is 30.3 Å². The number of rotatable bonds is 3. The second-order valence-corrected chi connectivity index (χ2v) is 4.90. The highest BCUT2D eigenvalue weighted by Gasteiger charge is 2.32. The lowest BCUT2D eigenvalue weighted by atomic mass is 10.1. The molecule has 0 bridgehead atoms. The summed E-state index contributed by atoms with van der Waals surface area (Å²) >= 11 is 0. The fourth-order valence-electron chi connectivity index (χ4n) is 2.28. The number of aryl methyl sites for hydroxylation is 1. The minimum absolute atomic E-state index is 0.0659. The van der Waals surface area contributed by atoms with Gasteiger partial charge in [0.1, 0.15) is 11.9 Å². The van der Waals surface area contributed by atoms with Crippen LogP contribution >= 0.6 is 0 Å². The summed E-state index contributed by atoms with van der Waals surface area (Å²) in [6, 6.07) is 8.95. The third-order valence-electron chi connectivity index (χ3n) is 3.27. The summed E-state index contributed by atoms with van der Waals surface area (Å²) in [5.41, 5.74) is 1.00. The smallest absolute Gasteiger partial charge is 0.245 e. The average Bonchev–Trinajstić information content (AvgIpc) is 2.85. The number of benzene rings is 1. The van der Waals surface area contributed by atoms with Crippen LogP contribution in [0.2, 0.25) is 0 Å². The van der Waals surface area contributed by atoms with Crippen LogP contribution in [0.1, 0.15) is 23.9 Å². The molecule has 0 spiro atoms. The minimum Gasteiger partial charge on any atom is -0.350 e. The molecule has 2 N–H and O–H groups in total. The van der Waals surface area contributed by atoms with Gasteiger partial charge >= 0.3 is 0 Å². The zero-order valence-corrected chi connectivity index (χ0v) is 11.5. The fourth-order valence-corrected chi connectivity index (χ4v) is 2.28. The molecule has 0 saturated heterocycles. The Balaban J connectivity index is 1.74. The first-order valence-corrected chi connectivity index (χ1v) is 6.68. The third-order valence-corrected chi connectivity index (χ3v) is 3.27. The molecule has 1 aliphatic heterocycles. The zero-order valence-electron chi connectivity index (χ0n) is 11.5. The zero-order chi connectivity index (χ0) is 14.8. The van der Waals surface area contributed by atoms with Crippen LogP contribution in [-0.4, -0.2) is 26.6 Å². The summed E-state index contributed by atoms with van der Waals surface area (Å²) in [6.45, 7) is 2.14. The molecule has 108 valence electrons. The van der Waals surface area contributed by atoms with Crippen molar-refractivity contribution in [2.75, 3.05) is 5.32 Å². The molecule has 0 radical (unpaired) electrons. The van der Waals surface area contributed by atoms with Gasteiger partial charge in [0.2, 0.25) is 17.8 Å². The average molecular weight is 285 g/mol.